The molecule has 52 heavy (non-hydrogen) atoms. The number of hydrogen-bond donors (Lipinski definition) is 2. The lowest BCUT2D eigenvalue weighted by Crippen LogP contribution is -2.55. The van der Waals surface area contributed by atoms with Gasteiger partial charge in [0.2, 0.25) is 5.91 Å². The smallest absolute Gasteiger partial charge is 0.416 e. The van der Waals surface area contributed by atoms with Crippen molar-refractivity contribution in [3.8, 4) is 17.2 Å². The van der Waals surface area contributed by atoms with E-state index in [1.807, 2.05) is 48.5 Å². The summed E-state index contributed by atoms with van der Waals surface area (Å²) in [7, 11) is 1.46. The van der Waals surface area contributed by atoms with Crippen LogP contribution in [0, 0.1) is 0 Å². The number of halogens is 1. The minimum Gasteiger partial charge on any atom is -0.507 e. The molecule has 1 saturated heterocycles. The number of aliphatic hydroxyl groups excluding tert-OH is 1. The van der Waals surface area contributed by atoms with Gasteiger partial charge in [-0.15, -0.1) is 11.6 Å². The number of methoxy groups -OCH3 is 1. The molecule has 3 heterocycles. The fourth-order valence-corrected chi connectivity index (χ4v) is 7.89. The summed E-state index contributed by atoms with van der Waals surface area (Å²) in [6, 6.07) is 19.1. The van der Waals surface area contributed by atoms with Gasteiger partial charge in [-0.1, -0.05) is 61.2 Å². The zero-order valence-electron chi connectivity index (χ0n) is 28.8. The number of aromatic hydroxyl groups is 1. The molecule has 0 aliphatic carbocycles. The quantitative estimate of drug-likeness (QED) is 0.148. The molecule has 3 aliphatic rings. The van der Waals surface area contributed by atoms with Crippen molar-refractivity contribution >= 4 is 51.7 Å². The summed E-state index contributed by atoms with van der Waals surface area (Å²) in [5.74, 6) is 0.459. The number of amides is 3. The molecule has 7 rings (SSSR count). The van der Waals surface area contributed by atoms with Crippen molar-refractivity contribution in [2.75, 3.05) is 42.5 Å². The Bertz CT molecular complexity index is 2050. The van der Waals surface area contributed by atoms with Gasteiger partial charge in [-0.3, -0.25) is 9.59 Å². The Kier molecular flexibility index (Phi) is 9.98. The number of ether oxygens (including phenoxy) is 3. The van der Waals surface area contributed by atoms with Crippen molar-refractivity contribution in [1.29, 1.82) is 0 Å². The maximum Gasteiger partial charge on any atom is 0.416 e. The largest absolute Gasteiger partial charge is 0.507 e. The average molecular weight is 726 g/mol. The number of carbonyl (C=O) groups is 3. The van der Waals surface area contributed by atoms with E-state index in [-0.39, 0.29) is 65.9 Å². The van der Waals surface area contributed by atoms with Gasteiger partial charge in [0.25, 0.3) is 5.91 Å². The van der Waals surface area contributed by atoms with Crippen LogP contribution in [0.4, 0.5) is 16.2 Å². The minimum atomic E-state index is -1.34. The summed E-state index contributed by atoms with van der Waals surface area (Å²) in [5.41, 5.74) is 3.50. The molecule has 0 radical (unpaired) electrons. The third kappa shape index (κ3) is 6.39. The number of phenolic OH excluding ortho intramolecular Hbond substituents is 1. The first kappa shape index (κ1) is 35.2. The van der Waals surface area contributed by atoms with Gasteiger partial charge in [-0.2, -0.15) is 0 Å². The van der Waals surface area contributed by atoms with Crippen molar-refractivity contribution < 1.29 is 38.8 Å². The number of carbonyl (C=O) groups excluding carboxylic acids is 3. The third-order valence-electron chi connectivity index (χ3n) is 10.1. The molecule has 270 valence electrons. The second-order valence-corrected chi connectivity index (χ2v) is 13.6. The van der Waals surface area contributed by atoms with Gasteiger partial charge in [0.05, 0.1) is 36.5 Å². The number of phenols is 1. The standard InChI is InChI=1S/C40H40ClN3O8/c1-3-15-51-40(49)44-31-20-35(34(50-2)18-29(31)38(47)42-14-7-6-13-30(42)39(44)48)52-23-25-10-8-9-24(16-25)17-36(46)43-22-26(21-41)37-28-12-5-4-11-27(28)33(45)19-32(37)43/h3-5,8-12,16,18-20,26,30,39,45,48H,1,6-7,13-15,17,21-23H2,2H3/t26-,30+,39?/m1/s1. The number of alkyl halides is 1. The van der Waals surface area contributed by atoms with E-state index in [0.29, 0.717) is 31.1 Å². The van der Waals surface area contributed by atoms with E-state index in [4.69, 9.17) is 25.8 Å². The van der Waals surface area contributed by atoms with Crippen LogP contribution in [0.2, 0.25) is 0 Å². The maximum absolute atomic E-state index is 13.8. The first-order valence-electron chi connectivity index (χ1n) is 17.3. The van der Waals surface area contributed by atoms with Crippen LogP contribution in [0.25, 0.3) is 10.8 Å². The monoisotopic (exact) mass is 725 g/mol. The zero-order valence-corrected chi connectivity index (χ0v) is 29.6. The lowest BCUT2D eigenvalue weighted by Gasteiger charge is -2.38. The molecule has 2 N–H and O–H groups in total. The Morgan fingerprint density at radius 3 is 2.56 bits per heavy atom. The fourth-order valence-electron chi connectivity index (χ4n) is 7.64. The molecule has 3 atom stereocenters. The zero-order chi connectivity index (χ0) is 36.5. The average Bonchev–Trinajstić information content (AvgIpc) is 3.51. The molecule has 3 amide bonds. The molecule has 1 fully saturated rings. The SMILES string of the molecule is C=CCOC(=O)N1c2cc(OCc3cccc(CC(=O)N4C[C@@H](CCl)c5c4cc(O)c4ccccc54)c3)c(OC)cc2C(=O)N2CCCC[C@H]2C1O. The van der Waals surface area contributed by atoms with Gasteiger partial charge in [0.1, 0.15) is 19.0 Å². The first-order valence-corrected chi connectivity index (χ1v) is 17.9. The van der Waals surface area contributed by atoms with Gasteiger partial charge in [0.15, 0.2) is 17.7 Å². The van der Waals surface area contributed by atoms with Crippen LogP contribution < -0.4 is 19.3 Å². The van der Waals surface area contributed by atoms with Crippen LogP contribution in [-0.2, 0) is 22.6 Å². The van der Waals surface area contributed by atoms with Gasteiger partial charge >= 0.3 is 6.09 Å². The van der Waals surface area contributed by atoms with Crippen LogP contribution in [0.15, 0.2) is 79.4 Å². The van der Waals surface area contributed by atoms with Crippen LogP contribution in [0.1, 0.15) is 52.2 Å². The highest BCUT2D eigenvalue weighted by Crippen LogP contribution is 2.46. The normalized spacial score (nSPS) is 19.4. The van der Waals surface area contributed by atoms with E-state index < -0.39 is 18.4 Å². The van der Waals surface area contributed by atoms with Gasteiger partial charge in [0, 0.05) is 42.4 Å². The Hall–Kier alpha value is -5.26. The summed E-state index contributed by atoms with van der Waals surface area (Å²) in [6.07, 6.45) is 1.50. The Morgan fingerprint density at radius 1 is 1.00 bits per heavy atom. The minimum absolute atomic E-state index is 0.0702. The van der Waals surface area contributed by atoms with E-state index in [2.05, 4.69) is 6.58 Å². The number of benzene rings is 4. The van der Waals surface area contributed by atoms with Crippen molar-refractivity contribution in [3.63, 3.8) is 0 Å². The molecule has 0 saturated carbocycles. The highest BCUT2D eigenvalue weighted by Gasteiger charge is 2.44. The van der Waals surface area contributed by atoms with Crippen molar-refractivity contribution in [2.45, 2.75) is 50.5 Å². The molecule has 3 aliphatic heterocycles. The molecule has 12 heteroatoms. The predicted molar refractivity (Wildman–Crippen MR) is 198 cm³/mol. The lowest BCUT2D eigenvalue weighted by molar-refractivity contribution is -0.117. The highest BCUT2D eigenvalue weighted by atomic mass is 35.5. The summed E-state index contributed by atoms with van der Waals surface area (Å²) in [5, 5.41) is 23.9. The number of hydrogen-bond acceptors (Lipinski definition) is 8. The lowest BCUT2D eigenvalue weighted by atomic mass is 9.95. The van der Waals surface area contributed by atoms with Crippen LogP contribution >= 0.6 is 11.6 Å². The fraction of sp³-hybridized carbons (Fsp3) is 0.325. The molecular weight excluding hydrogens is 686 g/mol. The van der Waals surface area contributed by atoms with Crippen molar-refractivity contribution in [2.24, 2.45) is 0 Å². The van der Waals surface area contributed by atoms with Crippen molar-refractivity contribution in [1.82, 2.24) is 4.90 Å². The van der Waals surface area contributed by atoms with E-state index >= 15 is 0 Å². The third-order valence-corrected chi connectivity index (χ3v) is 10.5. The molecule has 0 bridgehead atoms. The number of aliphatic hydroxyl groups is 1. The molecule has 0 aromatic heterocycles. The second kappa shape index (κ2) is 14.8. The van der Waals surface area contributed by atoms with Crippen molar-refractivity contribution in [3.05, 3.63) is 102 Å². The first-order chi connectivity index (χ1) is 25.2. The Balaban J connectivity index is 1.13. The predicted octanol–water partition coefficient (Wildman–Crippen LogP) is 6.50. The van der Waals surface area contributed by atoms with Crippen LogP contribution in [0.5, 0.6) is 17.2 Å². The van der Waals surface area contributed by atoms with Crippen LogP contribution in [0.3, 0.4) is 0 Å². The van der Waals surface area contributed by atoms with E-state index in [1.54, 1.807) is 15.9 Å². The maximum atomic E-state index is 13.8. The number of nitrogens with zero attached hydrogens (tertiary/aromatic N) is 3. The molecular formula is C40H40ClN3O8. The molecule has 4 aromatic rings. The van der Waals surface area contributed by atoms with E-state index in [9.17, 15) is 24.6 Å². The Morgan fingerprint density at radius 2 is 1.79 bits per heavy atom. The summed E-state index contributed by atoms with van der Waals surface area (Å²) < 4.78 is 17.2. The van der Waals surface area contributed by atoms with Gasteiger partial charge in [-0.05, 0) is 47.4 Å². The molecule has 11 nitrogen and oxygen atoms in total. The molecule has 1 unspecified atom stereocenters. The van der Waals surface area contributed by atoms with Gasteiger partial charge in [-0.25, -0.2) is 9.69 Å². The second-order valence-electron chi connectivity index (χ2n) is 13.2. The molecule has 4 aromatic carbocycles. The van der Waals surface area contributed by atoms with Gasteiger partial charge < -0.3 is 34.2 Å². The number of piperidine rings is 1. The number of rotatable bonds is 9. The topological polar surface area (TPSA) is 129 Å². The van der Waals surface area contributed by atoms with E-state index in [0.717, 1.165) is 45.2 Å². The number of fused-ring (bicyclic) bond motifs is 5. The number of anilines is 2. The summed E-state index contributed by atoms with van der Waals surface area (Å²) in [4.78, 5) is 45.4. The Labute approximate surface area is 306 Å². The van der Waals surface area contributed by atoms with E-state index in [1.165, 1.54) is 25.3 Å². The molecule has 0 spiro atoms. The summed E-state index contributed by atoms with van der Waals surface area (Å²) in [6.45, 7) is 4.47. The highest BCUT2D eigenvalue weighted by molar-refractivity contribution is 6.19. The van der Waals surface area contributed by atoms with Crippen LogP contribution in [-0.4, -0.2) is 78.0 Å². The summed E-state index contributed by atoms with van der Waals surface area (Å²) >= 11 is 6.38.